The van der Waals surface area contributed by atoms with Gasteiger partial charge in [-0.15, -0.1) is 0 Å². The van der Waals surface area contributed by atoms with Crippen molar-refractivity contribution in [2.45, 2.75) is 33.1 Å². The Morgan fingerprint density at radius 3 is 2.94 bits per heavy atom. The molecule has 0 aliphatic heterocycles. The SMILES string of the molecule is CCOC(=O)c1[nH]c2c(c1C)/C(=N\O)CCC2. The average molecular weight is 236 g/mol. The molecule has 92 valence electrons. The van der Waals surface area contributed by atoms with Crippen LogP contribution >= 0.6 is 0 Å². The van der Waals surface area contributed by atoms with Crippen LogP contribution < -0.4 is 0 Å². The number of carbonyl (C=O) groups excluding carboxylic acids is 1. The van der Waals surface area contributed by atoms with Crippen LogP contribution in [0.5, 0.6) is 0 Å². The van der Waals surface area contributed by atoms with Crippen molar-refractivity contribution >= 4 is 11.7 Å². The van der Waals surface area contributed by atoms with Crippen molar-refractivity contribution in [1.82, 2.24) is 4.98 Å². The molecule has 2 rings (SSSR count). The summed E-state index contributed by atoms with van der Waals surface area (Å²) in [5.41, 5.74) is 3.77. The lowest BCUT2D eigenvalue weighted by Gasteiger charge is -2.12. The Balaban J connectivity index is 2.46. The number of nitrogens with one attached hydrogen (secondary N) is 1. The van der Waals surface area contributed by atoms with Crippen molar-refractivity contribution in [3.8, 4) is 0 Å². The average Bonchev–Trinajstić information content (AvgIpc) is 2.67. The molecular weight excluding hydrogens is 220 g/mol. The number of nitrogens with zero attached hydrogens (tertiary/aromatic N) is 1. The summed E-state index contributed by atoms with van der Waals surface area (Å²) < 4.78 is 4.98. The summed E-state index contributed by atoms with van der Waals surface area (Å²) in [5.74, 6) is -0.350. The van der Waals surface area contributed by atoms with E-state index in [9.17, 15) is 4.79 Å². The van der Waals surface area contributed by atoms with Crippen LogP contribution in [-0.2, 0) is 11.2 Å². The first-order chi connectivity index (χ1) is 8.19. The molecule has 1 aromatic rings. The van der Waals surface area contributed by atoms with E-state index >= 15 is 0 Å². The van der Waals surface area contributed by atoms with Gasteiger partial charge in [0.15, 0.2) is 0 Å². The van der Waals surface area contributed by atoms with Crippen LogP contribution in [0.25, 0.3) is 0 Å². The number of esters is 1. The van der Waals surface area contributed by atoms with Crippen LogP contribution in [0.2, 0.25) is 0 Å². The predicted octanol–water partition coefficient (Wildman–Crippen LogP) is 2.01. The molecule has 1 aliphatic carbocycles. The number of aryl methyl sites for hydroxylation is 1. The largest absolute Gasteiger partial charge is 0.461 e. The summed E-state index contributed by atoms with van der Waals surface area (Å²) in [6.07, 6.45) is 2.54. The van der Waals surface area contributed by atoms with Crippen molar-refractivity contribution in [1.29, 1.82) is 0 Å². The fraction of sp³-hybridized carbons (Fsp3) is 0.500. The van der Waals surface area contributed by atoms with E-state index in [0.717, 1.165) is 36.1 Å². The van der Waals surface area contributed by atoms with E-state index in [2.05, 4.69) is 10.1 Å². The van der Waals surface area contributed by atoms with Gasteiger partial charge in [-0.05, 0) is 38.7 Å². The highest BCUT2D eigenvalue weighted by molar-refractivity contribution is 6.06. The molecule has 0 radical (unpaired) electrons. The quantitative estimate of drug-likeness (QED) is 0.468. The van der Waals surface area contributed by atoms with Gasteiger partial charge in [0.1, 0.15) is 5.69 Å². The standard InChI is InChI=1S/C12H16N2O3/c1-3-17-12(15)11-7(2)10-8(13-11)5-4-6-9(10)14-16/h13,16H,3-6H2,1-2H3/b14-9-. The minimum Gasteiger partial charge on any atom is -0.461 e. The molecule has 0 aromatic carbocycles. The first kappa shape index (κ1) is 11.7. The summed E-state index contributed by atoms with van der Waals surface area (Å²) >= 11 is 0. The number of aromatic amines is 1. The van der Waals surface area contributed by atoms with Gasteiger partial charge in [0, 0.05) is 11.3 Å². The van der Waals surface area contributed by atoms with Gasteiger partial charge in [0.2, 0.25) is 0 Å². The molecule has 2 N–H and O–H groups in total. The van der Waals surface area contributed by atoms with Crippen molar-refractivity contribution < 1.29 is 14.7 Å². The molecule has 1 aliphatic rings. The third kappa shape index (κ3) is 1.92. The van der Waals surface area contributed by atoms with Gasteiger partial charge >= 0.3 is 5.97 Å². The molecule has 0 bridgehead atoms. The van der Waals surface area contributed by atoms with Gasteiger partial charge < -0.3 is 14.9 Å². The van der Waals surface area contributed by atoms with Gasteiger partial charge in [-0.3, -0.25) is 0 Å². The molecule has 0 fully saturated rings. The highest BCUT2D eigenvalue weighted by Gasteiger charge is 2.25. The number of oxime groups is 1. The third-order valence-electron chi connectivity index (χ3n) is 3.06. The molecule has 1 aromatic heterocycles. The topological polar surface area (TPSA) is 74.7 Å². The van der Waals surface area contributed by atoms with Crippen LogP contribution in [0.1, 0.15) is 47.1 Å². The first-order valence-corrected chi connectivity index (χ1v) is 5.78. The first-order valence-electron chi connectivity index (χ1n) is 5.78. The van der Waals surface area contributed by atoms with Gasteiger partial charge in [0.25, 0.3) is 0 Å². The maximum Gasteiger partial charge on any atom is 0.355 e. The Morgan fingerprint density at radius 2 is 2.29 bits per heavy atom. The molecule has 0 saturated heterocycles. The maximum absolute atomic E-state index is 11.7. The zero-order valence-electron chi connectivity index (χ0n) is 10.0. The van der Waals surface area contributed by atoms with Crippen molar-refractivity contribution in [3.63, 3.8) is 0 Å². The molecule has 0 spiro atoms. The molecule has 0 unspecified atom stereocenters. The number of aromatic nitrogens is 1. The lowest BCUT2D eigenvalue weighted by atomic mass is 9.93. The summed E-state index contributed by atoms with van der Waals surface area (Å²) in [5, 5.41) is 12.3. The number of hydrogen-bond donors (Lipinski definition) is 2. The van der Waals surface area contributed by atoms with E-state index in [1.165, 1.54) is 0 Å². The molecule has 0 atom stereocenters. The Labute approximate surface area is 99.5 Å². The monoisotopic (exact) mass is 236 g/mol. The second-order valence-corrected chi connectivity index (χ2v) is 4.10. The zero-order chi connectivity index (χ0) is 12.4. The highest BCUT2D eigenvalue weighted by Crippen LogP contribution is 2.27. The zero-order valence-corrected chi connectivity index (χ0v) is 10.0. The molecule has 5 nitrogen and oxygen atoms in total. The second kappa shape index (κ2) is 4.61. The van der Waals surface area contributed by atoms with Gasteiger partial charge in [-0.2, -0.15) is 0 Å². The van der Waals surface area contributed by atoms with Gasteiger partial charge in [-0.1, -0.05) is 5.16 Å². The van der Waals surface area contributed by atoms with E-state index < -0.39 is 0 Å². The van der Waals surface area contributed by atoms with Crippen molar-refractivity contribution in [3.05, 3.63) is 22.5 Å². The summed E-state index contributed by atoms with van der Waals surface area (Å²) in [6, 6.07) is 0. The minimum absolute atomic E-state index is 0.350. The van der Waals surface area contributed by atoms with Crippen LogP contribution in [0.3, 0.4) is 0 Å². The number of fused-ring (bicyclic) bond motifs is 1. The predicted molar refractivity (Wildman–Crippen MR) is 62.7 cm³/mol. The number of hydrogen-bond acceptors (Lipinski definition) is 4. The number of rotatable bonds is 2. The molecule has 0 amide bonds. The number of carbonyl (C=O) groups is 1. The van der Waals surface area contributed by atoms with Crippen LogP contribution in [0.4, 0.5) is 0 Å². The van der Waals surface area contributed by atoms with Crippen LogP contribution in [-0.4, -0.2) is 28.5 Å². The van der Waals surface area contributed by atoms with Crippen molar-refractivity contribution in [2.75, 3.05) is 6.61 Å². The third-order valence-corrected chi connectivity index (χ3v) is 3.06. The Hall–Kier alpha value is -1.78. The van der Waals surface area contributed by atoms with E-state index in [1.807, 2.05) is 6.92 Å². The smallest absolute Gasteiger partial charge is 0.355 e. The van der Waals surface area contributed by atoms with E-state index in [1.54, 1.807) is 6.92 Å². The molecule has 0 saturated carbocycles. The fourth-order valence-corrected chi connectivity index (χ4v) is 2.30. The lowest BCUT2D eigenvalue weighted by molar-refractivity contribution is 0.0519. The summed E-state index contributed by atoms with van der Waals surface area (Å²) in [4.78, 5) is 14.8. The Bertz CT molecular complexity index is 474. The second-order valence-electron chi connectivity index (χ2n) is 4.10. The maximum atomic E-state index is 11.7. The number of ether oxygens (including phenoxy) is 1. The van der Waals surface area contributed by atoms with Crippen LogP contribution in [0.15, 0.2) is 5.16 Å². The van der Waals surface area contributed by atoms with E-state index in [4.69, 9.17) is 9.94 Å². The normalized spacial score (nSPS) is 16.9. The van der Waals surface area contributed by atoms with Crippen LogP contribution in [0, 0.1) is 6.92 Å². The molecule has 5 heteroatoms. The Morgan fingerprint density at radius 1 is 1.53 bits per heavy atom. The number of H-pyrrole nitrogens is 1. The summed E-state index contributed by atoms with van der Waals surface area (Å²) in [6.45, 7) is 3.97. The Kier molecular flexibility index (Phi) is 3.17. The summed E-state index contributed by atoms with van der Waals surface area (Å²) in [7, 11) is 0. The molecular formula is C12H16N2O3. The lowest BCUT2D eigenvalue weighted by Crippen LogP contribution is -2.11. The van der Waals surface area contributed by atoms with Crippen molar-refractivity contribution in [2.24, 2.45) is 5.16 Å². The molecule has 1 heterocycles. The van der Waals surface area contributed by atoms with Gasteiger partial charge in [-0.25, -0.2) is 4.79 Å². The highest BCUT2D eigenvalue weighted by atomic mass is 16.5. The van der Waals surface area contributed by atoms with Gasteiger partial charge in [0.05, 0.1) is 12.3 Å². The molecule has 17 heavy (non-hydrogen) atoms. The van der Waals surface area contributed by atoms with E-state index in [0.29, 0.717) is 18.0 Å². The minimum atomic E-state index is -0.350. The van der Waals surface area contributed by atoms with E-state index in [-0.39, 0.29) is 5.97 Å². The fourth-order valence-electron chi connectivity index (χ4n) is 2.30.